The highest BCUT2D eigenvalue weighted by Crippen LogP contribution is 2.17. The third-order valence-corrected chi connectivity index (χ3v) is 4.30. The molecule has 2 saturated heterocycles. The van der Waals surface area contributed by atoms with Crippen molar-refractivity contribution in [3.05, 3.63) is 0 Å². The van der Waals surface area contributed by atoms with Crippen molar-refractivity contribution < 1.29 is 28.5 Å². The maximum Gasteiger partial charge on any atom is 0.410 e. The molecule has 160 valence electrons. The van der Waals surface area contributed by atoms with Crippen LogP contribution in [0.4, 0.5) is 4.79 Å². The summed E-state index contributed by atoms with van der Waals surface area (Å²) < 4.78 is 27.5. The third kappa shape index (κ3) is 9.69. The summed E-state index contributed by atoms with van der Waals surface area (Å²) in [5.74, 6) is -0.422. The normalized spacial score (nSPS) is 22.9. The number of ether oxygens (including phenoxy) is 5. The predicted molar refractivity (Wildman–Crippen MR) is 102 cm³/mol. The molecular weight excluding hydrogens is 364 g/mol. The van der Waals surface area contributed by atoms with Crippen molar-refractivity contribution in [3.63, 3.8) is 0 Å². The van der Waals surface area contributed by atoms with E-state index in [4.69, 9.17) is 23.7 Å². The number of epoxide rings is 1. The van der Waals surface area contributed by atoms with Crippen LogP contribution >= 0.6 is 0 Å². The second kappa shape index (κ2) is 11.6. The van der Waals surface area contributed by atoms with Crippen LogP contribution in [-0.2, 0) is 23.7 Å². The van der Waals surface area contributed by atoms with E-state index in [2.05, 4.69) is 6.07 Å². The lowest BCUT2D eigenvalue weighted by Gasteiger charge is -2.28. The van der Waals surface area contributed by atoms with Crippen molar-refractivity contribution >= 4 is 6.09 Å². The van der Waals surface area contributed by atoms with Gasteiger partial charge in [-0.05, 0) is 46.5 Å². The molecule has 0 N–H and O–H groups in total. The van der Waals surface area contributed by atoms with Crippen molar-refractivity contribution in [2.24, 2.45) is 5.92 Å². The summed E-state index contributed by atoms with van der Waals surface area (Å²) in [5, 5.41) is 9.43. The van der Waals surface area contributed by atoms with Crippen LogP contribution in [0.5, 0.6) is 0 Å². The third-order valence-electron chi connectivity index (χ3n) is 4.30. The fourth-order valence-electron chi connectivity index (χ4n) is 2.81. The van der Waals surface area contributed by atoms with Crippen molar-refractivity contribution in [1.82, 2.24) is 4.90 Å². The van der Waals surface area contributed by atoms with E-state index in [-0.39, 0.29) is 25.5 Å². The highest BCUT2D eigenvalue weighted by molar-refractivity contribution is 5.68. The molecule has 2 heterocycles. The Morgan fingerprint density at radius 2 is 2.07 bits per heavy atom. The predicted octanol–water partition coefficient (Wildman–Crippen LogP) is 2.71. The Labute approximate surface area is 168 Å². The molecule has 2 aliphatic rings. The summed E-state index contributed by atoms with van der Waals surface area (Å²) in [4.78, 5) is 14.0. The number of nitrogens with zero attached hydrogens (tertiary/aromatic N) is 2. The van der Waals surface area contributed by atoms with Gasteiger partial charge < -0.3 is 28.6 Å². The molecule has 0 aromatic rings. The smallest absolute Gasteiger partial charge is 0.410 e. The summed E-state index contributed by atoms with van der Waals surface area (Å²) >= 11 is 0. The maximum absolute atomic E-state index is 12.4. The molecule has 0 saturated carbocycles. The Hall–Kier alpha value is -1.40. The quantitative estimate of drug-likeness (QED) is 0.390. The first kappa shape index (κ1) is 22.9. The highest BCUT2D eigenvalue weighted by Gasteiger charge is 2.32. The minimum absolute atomic E-state index is 0.0342. The molecule has 3 atom stereocenters. The molecule has 0 spiro atoms. The number of hydrogen-bond acceptors (Lipinski definition) is 7. The first-order valence-corrected chi connectivity index (χ1v) is 10.2. The number of amides is 1. The van der Waals surface area contributed by atoms with Crippen molar-refractivity contribution in [3.8, 4) is 6.07 Å². The number of hydrogen-bond donors (Lipinski definition) is 0. The van der Waals surface area contributed by atoms with Crippen molar-refractivity contribution in [2.75, 3.05) is 46.1 Å². The molecular formula is C20H34N2O6. The van der Waals surface area contributed by atoms with E-state index in [1.54, 1.807) is 4.90 Å². The van der Waals surface area contributed by atoms with E-state index in [1.165, 1.54) is 0 Å². The van der Waals surface area contributed by atoms with Crippen LogP contribution in [0.2, 0.25) is 0 Å². The lowest BCUT2D eigenvalue weighted by molar-refractivity contribution is -0.164. The maximum atomic E-state index is 12.4. The van der Waals surface area contributed by atoms with Crippen LogP contribution < -0.4 is 0 Å². The first-order valence-electron chi connectivity index (χ1n) is 10.2. The number of carbonyl (C=O) groups excluding carboxylic acids is 1. The van der Waals surface area contributed by atoms with Gasteiger partial charge in [-0.2, -0.15) is 5.26 Å². The zero-order chi connectivity index (χ0) is 20.4. The fourth-order valence-corrected chi connectivity index (χ4v) is 2.81. The summed E-state index contributed by atoms with van der Waals surface area (Å²) in [6, 6.07) is 2.22. The van der Waals surface area contributed by atoms with E-state index in [1.807, 2.05) is 20.8 Å². The molecule has 28 heavy (non-hydrogen) atoms. The van der Waals surface area contributed by atoms with E-state index in [0.29, 0.717) is 26.4 Å². The molecule has 8 heteroatoms. The topological polar surface area (TPSA) is 93.6 Å². The Bertz CT molecular complexity index is 506. The van der Waals surface area contributed by atoms with Gasteiger partial charge in [-0.1, -0.05) is 0 Å². The van der Waals surface area contributed by atoms with Gasteiger partial charge in [0.25, 0.3) is 0 Å². The second-order valence-corrected chi connectivity index (χ2v) is 8.26. The lowest BCUT2D eigenvalue weighted by atomic mass is 10.1. The summed E-state index contributed by atoms with van der Waals surface area (Å²) in [6.45, 7) is 8.91. The van der Waals surface area contributed by atoms with Crippen LogP contribution in [0.15, 0.2) is 0 Å². The summed E-state index contributed by atoms with van der Waals surface area (Å²) in [5.41, 5.74) is -0.583. The minimum atomic E-state index is -0.583. The van der Waals surface area contributed by atoms with Crippen molar-refractivity contribution in [2.45, 2.75) is 64.4 Å². The van der Waals surface area contributed by atoms with Crippen LogP contribution in [0.1, 0.15) is 46.5 Å². The SMILES string of the molecule is CC(C)(C)OC(=O)N(CC(C#N)COCCCOC1CCCCO1)CC1CO1. The molecule has 2 fully saturated rings. The number of rotatable bonds is 11. The average molecular weight is 399 g/mol. The van der Waals surface area contributed by atoms with Crippen LogP contribution in [-0.4, -0.2) is 75.1 Å². The van der Waals surface area contributed by atoms with Gasteiger partial charge in [0, 0.05) is 19.8 Å². The molecule has 8 nitrogen and oxygen atoms in total. The molecule has 0 aliphatic carbocycles. The Morgan fingerprint density at radius 1 is 1.29 bits per heavy atom. The van der Waals surface area contributed by atoms with Gasteiger partial charge in [-0.15, -0.1) is 0 Å². The molecule has 0 radical (unpaired) electrons. The highest BCUT2D eigenvalue weighted by atomic mass is 16.7. The Balaban J connectivity index is 1.65. The molecule has 0 bridgehead atoms. The molecule has 2 rings (SSSR count). The zero-order valence-corrected chi connectivity index (χ0v) is 17.4. The van der Waals surface area contributed by atoms with E-state index in [9.17, 15) is 10.1 Å². The molecule has 2 aliphatic heterocycles. The van der Waals surface area contributed by atoms with Crippen LogP contribution in [0.3, 0.4) is 0 Å². The van der Waals surface area contributed by atoms with Crippen molar-refractivity contribution in [1.29, 1.82) is 5.26 Å². The summed E-state index contributed by atoms with van der Waals surface area (Å²) in [6.07, 6.45) is 3.45. The fraction of sp³-hybridized carbons (Fsp3) is 0.900. The first-order chi connectivity index (χ1) is 13.4. The van der Waals surface area contributed by atoms with E-state index in [0.717, 1.165) is 32.3 Å². The van der Waals surface area contributed by atoms with Gasteiger partial charge >= 0.3 is 6.09 Å². The van der Waals surface area contributed by atoms with Gasteiger partial charge in [0.2, 0.25) is 0 Å². The van der Waals surface area contributed by atoms with E-state index < -0.39 is 17.6 Å². The molecule has 0 aromatic heterocycles. The lowest BCUT2D eigenvalue weighted by Crippen LogP contribution is -2.42. The van der Waals surface area contributed by atoms with E-state index >= 15 is 0 Å². The number of nitriles is 1. The molecule has 1 amide bonds. The van der Waals surface area contributed by atoms with Gasteiger partial charge in [-0.25, -0.2) is 4.79 Å². The van der Waals surface area contributed by atoms with Gasteiger partial charge in [-0.3, -0.25) is 0 Å². The van der Waals surface area contributed by atoms with Crippen LogP contribution in [0.25, 0.3) is 0 Å². The molecule has 3 unspecified atom stereocenters. The van der Waals surface area contributed by atoms with Gasteiger partial charge in [0.05, 0.1) is 44.5 Å². The standard InChI is InChI=1S/C20H34N2O6/c1-20(2,3)28-19(23)22(13-17-15-27-17)12-16(11-21)14-24-8-6-10-26-18-7-4-5-9-25-18/h16-18H,4-10,12-15H2,1-3H3. The second-order valence-electron chi connectivity index (χ2n) is 8.26. The zero-order valence-electron chi connectivity index (χ0n) is 17.4. The minimum Gasteiger partial charge on any atom is -0.444 e. The molecule has 0 aromatic carbocycles. The van der Waals surface area contributed by atoms with Gasteiger partial charge in [0.15, 0.2) is 6.29 Å². The summed E-state index contributed by atoms with van der Waals surface area (Å²) in [7, 11) is 0. The Morgan fingerprint density at radius 3 is 2.68 bits per heavy atom. The largest absolute Gasteiger partial charge is 0.444 e. The number of carbonyl (C=O) groups is 1. The monoisotopic (exact) mass is 398 g/mol. The Kier molecular flexibility index (Phi) is 9.45. The average Bonchev–Trinajstić information content (AvgIpc) is 3.46. The van der Waals surface area contributed by atoms with Crippen LogP contribution in [0, 0.1) is 17.2 Å². The van der Waals surface area contributed by atoms with Gasteiger partial charge in [0.1, 0.15) is 5.60 Å².